The SMILES string of the molecule is Cc1cnc(N(C)Cc2cccc(F)c2)nc1. The highest BCUT2D eigenvalue weighted by Gasteiger charge is 2.05. The summed E-state index contributed by atoms with van der Waals surface area (Å²) in [5.41, 5.74) is 1.92. The first-order chi connectivity index (χ1) is 8.15. The second-order valence-electron chi connectivity index (χ2n) is 4.05. The lowest BCUT2D eigenvalue weighted by atomic mass is 10.2. The third kappa shape index (κ3) is 3.00. The number of aryl methyl sites for hydroxylation is 1. The number of nitrogens with zero attached hydrogens (tertiary/aromatic N) is 3. The maximum Gasteiger partial charge on any atom is 0.225 e. The first-order valence-electron chi connectivity index (χ1n) is 5.39. The van der Waals surface area contributed by atoms with Crippen molar-refractivity contribution >= 4 is 5.95 Å². The number of hydrogen-bond acceptors (Lipinski definition) is 3. The maximum absolute atomic E-state index is 13.0. The summed E-state index contributed by atoms with van der Waals surface area (Å²) < 4.78 is 13.0. The van der Waals surface area contributed by atoms with Crippen LogP contribution in [0.3, 0.4) is 0 Å². The third-order valence-electron chi connectivity index (χ3n) is 2.42. The summed E-state index contributed by atoms with van der Waals surface area (Å²) in [5, 5.41) is 0. The zero-order valence-electron chi connectivity index (χ0n) is 9.89. The van der Waals surface area contributed by atoms with Crippen molar-refractivity contribution in [3.8, 4) is 0 Å². The van der Waals surface area contributed by atoms with Crippen LogP contribution in [0.5, 0.6) is 0 Å². The summed E-state index contributed by atoms with van der Waals surface area (Å²) in [5.74, 6) is 0.417. The molecule has 4 heteroatoms. The lowest BCUT2D eigenvalue weighted by Crippen LogP contribution is -2.19. The van der Waals surface area contributed by atoms with Gasteiger partial charge < -0.3 is 4.90 Å². The highest BCUT2D eigenvalue weighted by Crippen LogP contribution is 2.11. The molecule has 0 unspecified atom stereocenters. The Morgan fingerprint density at radius 1 is 1.24 bits per heavy atom. The molecule has 0 aliphatic heterocycles. The topological polar surface area (TPSA) is 29.0 Å². The van der Waals surface area contributed by atoms with Crippen molar-refractivity contribution < 1.29 is 4.39 Å². The molecule has 0 aliphatic rings. The average molecular weight is 231 g/mol. The normalized spacial score (nSPS) is 10.3. The van der Waals surface area contributed by atoms with E-state index in [1.807, 2.05) is 24.9 Å². The summed E-state index contributed by atoms with van der Waals surface area (Å²) >= 11 is 0. The minimum atomic E-state index is -0.222. The van der Waals surface area contributed by atoms with Gasteiger partial charge in [-0.2, -0.15) is 0 Å². The highest BCUT2D eigenvalue weighted by molar-refractivity contribution is 5.31. The molecule has 0 N–H and O–H groups in total. The molecule has 0 bridgehead atoms. The van der Waals surface area contributed by atoms with Gasteiger partial charge in [-0.15, -0.1) is 0 Å². The van der Waals surface area contributed by atoms with Crippen molar-refractivity contribution in [3.63, 3.8) is 0 Å². The smallest absolute Gasteiger partial charge is 0.225 e. The van der Waals surface area contributed by atoms with Gasteiger partial charge in [-0.3, -0.25) is 0 Å². The number of halogens is 1. The predicted molar refractivity (Wildman–Crippen MR) is 65.3 cm³/mol. The van der Waals surface area contributed by atoms with E-state index in [1.54, 1.807) is 18.5 Å². The zero-order chi connectivity index (χ0) is 12.3. The van der Waals surface area contributed by atoms with Crippen LogP contribution in [-0.2, 0) is 6.54 Å². The Kier molecular flexibility index (Phi) is 3.32. The van der Waals surface area contributed by atoms with Gasteiger partial charge in [-0.05, 0) is 30.2 Å². The third-order valence-corrected chi connectivity index (χ3v) is 2.42. The van der Waals surface area contributed by atoms with Crippen LogP contribution in [0, 0.1) is 12.7 Å². The average Bonchev–Trinajstić information content (AvgIpc) is 2.29. The standard InChI is InChI=1S/C13H14FN3/c1-10-7-15-13(16-8-10)17(2)9-11-4-3-5-12(14)6-11/h3-8H,9H2,1-2H3. The molecule has 17 heavy (non-hydrogen) atoms. The minimum Gasteiger partial charge on any atom is -0.340 e. The molecule has 2 rings (SSSR count). The van der Waals surface area contributed by atoms with E-state index in [1.165, 1.54) is 12.1 Å². The molecular formula is C13H14FN3. The van der Waals surface area contributed by atoms with E-state index in [0.29, 0.717) is 12.5 Å². The second kappa shape index (κ2) is 4.91. The van der Waals surface area contributed by atoms with Crippen molar-refractivity contribution in [2.45, 2.75) is 13.5 Å². The second-order valence-corrected chi connectivity index (χ2v) is 4.05. The zero-order valence-corrected chi connectivity index (χ0v) is 9.89. The fourth-order valence-corrected chi connectivity index (χ4v) is 1.56. The first-order valence-corrected chi connectivity index (χ1v) is 5.39. The number of aromatic nitrogens is 2. The van der Waals surface area contributed by atoms with E-state index in [-0.39, 0.29) is 5.82 Å². The van der Waals surface area contributed by atoms with Crippen LogP contribution in [-0.4, -0.2) is 17.0 Å². The summed E-state index contributed by atoms with van der Waals surface area (Å²) in [7, 11) is 1.88. The Labute approximate surface area is 99.9 Å². The molecule has 1 aromatic heterocycles. The monoisotopic (exact) mass is 231 g/mol. The van der Waals surface area contributed by atoms with Gasteiger partial charge in [0.05, 0.1) is 0 Å². The Morgan fingerprint density at radius 3 is 2.59 bits per heavy atom. The molecule has 88 valence electrons. The van der Waals surface area contributed by atoms with Crippen LogP contribution < -0.4 is 4.90 Å². The van der Waals surface area contributed by atoms with Gasteiger partial charge in [-0.25, -0.2) is 14.4 Å². The van der Waals surface area contributed by atoms with Crippen molar-refractivity contribution in [3.05, 3.63) is 53.6 Å². The van der Waals surface area contributed by atoms with Crippen molar-refractivity contribution in [1.29, 1.82) is 0 Å². The molecule has 0 atom stereocenters. The molecule has 0 spiro atoms. The Balaban J connectivity index is 2.11. The molecule has 0 radical (unpaired) electrons. The van der Waals surface area contributed by atoms with Crippen LogP contribution in [0.1, 0.15) is 11.1 Å². The summed E-state index contributed by atoms with van der Waals surface area (Å²) in [6, 6.07) is 6.54. The molecule has 3 nitrogen and oxygen atoms in total. The van der Waals surface area contributed by atoms with Gasteiger partial charge in [-0.1, -0.05) is 12.1 Å². The van der Waals surface area contributed by atoms with Gasteiger partial charge in [0.2, 0.25) is 5.95 Å². The summed E-state index contributed by atoms with van der Waals surface area (Å²) in [6.07, 6.45) is 3.54. The van der Waals surface area contributed by atoms with E-state index in [9.17, 15) is 4.39 Å². The lowest BCUT2D eigenvalue weighted by Gasteiger charge is -2.16. The van der Waals surface area contributed by atoms with Gasteiger partial charge >= 0.3 is 0 Å². The molecule has 0 fully saturated rings. The number of anilines is 1. The van der Waals surface area contributed by atoms with Crippen LogP contribution in [0.25, 0.3) is 0 Å². The fourth-order valence-electron chi connectivity index (χ4n) is 1.56. The van der Waals surface area contributed by atoms with E-state index >= 15 is 0 Å². The largest absolute Gasteiger partial charge is 0.340 e. The quantitative estimate of drug-likeness (QED) is 0.813. The summed E-state index contributed by atoms with van der Waals surface area (Å²) in [6.45, 7) is 2.52. The van der Waals surface area contributed by atoms with Gasteiger partial charge in [0.1, 0.15) is 5.82 Å². The molecule has 0 aliphatic carbocycles. The molecule has 0 saturated heterocycles. The van der Waals surface area contributed by atoms with Crippen LogP contribution in [0.2, 0.25) is 0 Å². The summed E-state index contributed by atoms with van der Waals surface area (Å²) in [4.78, 5) is 10.3. The molecule has 1 aromatic carbocycles. The van der Waals surface area contributed by atoms with Gasteiger partial charge in [0, 0.05) is 26.0 Å². The Hall–Kier alpha value is -1.97. The van der Waals surface area contributed by atoms with Crippen molar-refractivity contribution in [2.24, 2.45) is 0 Å². The van der Waals surface area contributed by atoms with Crippen LogP contribution in [0.15, 0.2) is 36.7 Å². The first kappa shape index (κ1) is 11.5. The van der Waals surface area contributed by atoms with Crippen LogP contribution >= 0.6 is 0 Å². The number of hydrogen-bond donors (Lipinski definition) is 0. The molecular weight excluding hydrogens is 217 g/mol. The minimum absolute atomic E-state index is 0.222. The van der Waals surface area contributed by atoms with E-state index in [0.717, 1.165) is 11.1 Å². The lowest BCUT2D eigenvalue weighted by molar-refractivity contribution is 0.625. The molecule has 1 heterocycles. The van der Waals surface area contributed by atoms with Gasteiger partial charge in [0.25, 0.3) is 0 Å². The Morgan fingerprint density at radius 2 is 1.94 bits per heavy atom. The van der Waals surface area contributed by atoms with Crippen molar-refractivity contribution in [2.75, 3.05) is 11.9 Å². The number of benzene rings is 1. The molecule has 0 amide bonds. The van der Waals surface area contributed by atoms with Crippen LogP contribution in [0.4, 0.5) is 10.3 Å². The number of rotatable bonds is 3. The van der Waals surface area contributed by atoms with E-state index < -0.39 is 0 Å². The van der Waals surface area contributed by atoms with E-state index in [4.69, 9.17) is 0 Å². The van der Waals surface area contributed by atoms with E-state index in [2.05, 4.69) is 9.97 Å². The maximum atomic E-state index is 13.0. The fraction of sp³-hybridized carbons (Fsp3) is 0.231. The predicted octanol–water partition coefficient (Wildman–Crippen LogP) is 2.56. The van der Waals surface area contributed by atoms with Gasteiger partial charge in [0.15, 0.2) is 0 Å². The highest BCUT2D eigenvalue weighted by atomic mass is 19.1. The van der Waals surface area contributed by atoms with Crippen molar-refractivity contribution in [1.82, 2.24) is 9.97 Å². The Bertz CT molecular complexity index is 496. The molecule has 2 aromatic rings. The molecule has 0 saturated carbocycles.